The van der Waals surface area contributed by atoms with Crippen molar-refractivity contribution in [3.8, 4) is 0 Å². The molecule has 0 amide bonds. The van der Waals surface area contributed by atoms with Gasteiger partial charge in [0.1, 0.15) is 11.6 Å². The maximum atomic E-state index is 14.4. The summed E-state index contributed by atoms with van der Waals surface area (Å²) in [5.74, 6) is -1.84. The Morgan fingerprint density at radius 1 is 0.767 bits per heavy atom. The summed E-state index contributed by atoms with van der Waals surface area (Å²) in [7, 11) is 0. The maximum absolute atomic E-state index is 14.4. The molecular weight excluding hydrogens is 387 g/mol. The molecule has 0 aromatic carbocycles. The zero-order chi connectivity index (χ0) is 22.3. The highest BCUT2D eigenvalue weighted by Gasteiger charge is 2.33. The average molecular weight is 413 g/mol. The van der Waals surface area contributed by atoms with Gasteiger partial charge in [-0.3, -0.25) is 9.97 Å². The number of halogens is 3. The van der Waals surface area contributed by atoms with Crippen LogP contribution in [0.3, 0.4) is 0 Å². The van der Waals surface area contributed by atoms with Crippen LogP contribution in [-0.4, -0.2) is 15.0 Å². The van der Waals surface area contributed by atoms with Crippen molar-refractivity contribution in [1.82, 2.24) is 15.0 Å². The van der Waals surface area contributed by atoms with Gasteiger partial charge in [0.2, 0.25) is 5.95 Å². The topological polar surface area (TPSA) is 38.7 Å². The Morgan fingerprint density at radius 2 is 1.37 bits per heavy atom. The van der Waals surface area contributed by atoms with Gasteiger partial charge in [0, 0.05) is 28.2 Å². The molecule has 158 valence electrons. The molecule has 0 atom stereocenters. The van der Waals surface area contributed by atoms with E-state index in [4.69, 9.17) is 0 Å². The minimum Gasteiger partial charge on any atom is -0.260 e. The van der Waals surface area contributed by atoms with Crippen molar-refractivity contribution < 1.29 is 13.2 Å². The van der Waals surface area contributed by atoms with E-state index < -0.39 is 28.4 Å². The van der Waals surface area contributed by atoms with Crippen LogP contribution in [0.5, 0.6) is 0 Å². The fourth-order valence-corrected chi connectivity index (χ4v) is 3.64. The lowest BCUT2D eigenvalue weighted by atomic mass is 9.78. The van der Waals surface area contributed by atoms with Gasteiger partial charge in [0.15, 0.2) is 0 Å². The predicted octanol–water partition coefficient (Wildman–Crippen LogP) is 6.06. The summed E-state index contributed by atoms with van der Waals surface area (Å²) < 4.78 is 43.0. The minimum absolute atomic E-state index is 0.0480. The Hall–Kier alpha value is -2.76. The van der Waals surface area contributed by atoms with Crippen LogP contribution < -0.4 is 0 Å². The fourth-order valence-electron chi connectivity index (χ4n) is 3.64. The van der Waals surface area contributed by atoms with E-state index in [1.807, 2.05) is 39.8 Å². The van der Waals surface area contributed by atoms with Gasteiger partial charge in [-0.25, -0.2) is 13.8 Å². The standard InChI is InChI=1S/C24H26F3N3/c1-14(2)16-8-10-20(30-22(16)27)23(3,4)15-7-9-19(29-11-15)24(5,6)21-17(25)12-28-13-18(21)26/h7-14H,1-6H3. The molecule has 0 bridgehead atoms. The summed E-state index contributed by atoms with van der Waals surface area (Å²) >= 11 is 0. The summed E-state index contributed by atoms with van der Waals surface area (Å²) in [6, 6.07) is 7.19. The molecule has 0 unspecified atom stereocenters. The Balaban J connectivity index is 1.98. The van der Waals surface area contributed by atoms with Crippen molar-refractivity contribution in [3.63, 3.8) is 0 Å². The summed E-state index contributed by atoms with van der Waals surface area (Å²) in [4.78, 5) is 12.2. The van der Waals surface area contributed by atoms with Gasteiger partial charge in [-0.05, 0) is 37.5 Å². The second kappa shape index (κ2) is 7.82. The molecule has 3 aromatic rings. The molecule has 3 heterocycles. The van der Waals surface area contributed by atoms with E-state index in [1.165, 1.54) is 0 Å². The van der Waals surface area contributed by atoms with E-state index in [9.17, 15) is 13.2 Å². The lowest BCUT2D eigenvalue weighted by molar-refractivity contribution is 0.481. The highest BCUT2D eigenvalue weighted by molar-refractivity contribution is 5.38. The number of hydrogen-bond acceptors (Lipinski definition) is 3. The van der Waals surface area contributed by atoms with E-state index in [1.54, 1.807) is 32.2 Å². The predicted molar refractivity (Wildman–Crippen MR) is 111 cm³/mol. The van der Waals surface area contributed by atoms with Crippen LogP contribution in [0.4, 0.5) is 13.2 Å². The van der Waals surface area contributed by atoms with Crippen molar-refractivity contribution in [1.29, 1.82) is 0 Å². The Bertz CT molecular complexity index is 1040. The summed E-state index contributed by atoms with van der Waals surface area (Å²) in [6.07, 6.45) is 3.65. The smallest absolute Gasteiger partial charge is 0.216 e. The van der Waals surface area contributed by atoms with E-state index in [2.05, 4.69) is 15.0 Å². The molecule has 0 saturated carbocycles. The largest absolute Gasteiger partial charge is 0.260 e. The van der Waals surface area contributed by atoms with Gasteiger partial charge in [0.05, 0.1) is 23.8 Å². The molecule has 6 heteroatoms. The molecule has 0 aliphatic carbocycles. The van der Waals surface area contributed by atoms with Crippen LogP contribution in [-0.2, 0) is 10.8 Å². The first-order valence-electron chi connectivity index (χ1n) is 9.89. The van der Waals surface area contributed by atoms with Crippen LogP contribution in [0.25, 0.3) is 0 Å². The van der Waals surface area contributed by atoms with Gasteiger partial charge in [-0.2, -0.15) is 4.39 Å². The lowest BCUT2D eigenvalue weighted by Gasteiger charge is -2.28. The second-order valence-electron chi connectivity index (χ2n) is 8.89. The highest BCUT2D eigenvalue weighted by Crippen LogP contribution is 2.36. The first-order chi connectivity index (χ1) is 14.0. The third-order valence-corrected chi connectivity index (χ3v) is 5.74. The molecule has 0 N–H and O–H groups in total. The summed E-state index contributed by atoms with van der Waals surface area (Å²) in [5, 5.41) is 0. The van der Waals surface area contributed by atoms with Crippen LogP contribution in [0.15, 0.2) is 42.9 Å². The van der Waals surface area contributed by atoms with Crippen molar-refractivity contribution in [3.05, 3.63) is 88.5 Å². The van der Waals surface area contributed by atoms with Gasteiger partial charge in [-0.15, -0.1) is 0 Å². The monoisotopic (exact) mass is 413 g/mol. The van der Waals surface area contributed by atoms with Crippen LogP contribution in [0, 0.1) is 17.6 Å². The summed E-state index contributed by atoms with van der Waals surface area (Å²) in [6.45, 7) is 11.1. The molecule has 3 rings (SSSR count). The van der Waals surface area contributed by atoms with Crippen LogP contribution in [0.1, 0.15) is 75.5 Å². The van der Waals surface area contributed by atoms with Crippen molar-refractivity contribution in [2.24, 2.45) is 0 Å². The number of aromatic nitrogens is 3. The lowest BCUT2D eigenvalue weighted by Crippen LogP contribution is -2.26. The first-order valence-corrected chi connectivity index (χ1v) is 9.89. The van der Waals surface area contributed by atoms with Crippen LogP contribution in [0.2, 0.25) is 0 Å². The SMILES string of the molecule is CC(C)c1ccc(C(C)(C)c2ccc(C(C)(C)c3c(F)cncc3F)nc2)nc1F. The normalized spacial score (nSPS) is 12.5. The van der Waals surface area contributed by atoms with E-state index >= 15 is 0 Å². The molecule has 3 aromatic heterocycles. The maximum Gasteiger partial charge on any atom is 0.216 e. The Kier molecular flexibility index (Phi) is 5.72. The van der Waals surface area contributed by atoms with E-state index in [0.717, 1.165) is 18.0 Å². The molecular formula is C24H26F3N3. The minimum atomic E-state index is -0.997. The quantitative estimate of drug-likeness (QED) is 0.477. The number of pyridine rings is 3. The Labute approximate surface area is 175 Å². The molecule has 0 aliphatic rings. The van der Waals surface area contributed by atoms with Crippen molar-refractivity contribution in [2.75, 3.05) is 0 Å². The zero-order valence-electron chi connectivity index (χ0n) is 18.1. The first kappa shape index (κ1) is 21.9. The molecule has 0 saturated heterocycles. The summed E-state index contributed by atoms with van der Waals surface area (Å²) in [5.41, 5.74) is 0.824. The second-order valence-corrected chi connectivity index (χ2v) is 8.89. The molecule has 0 radical (unpaired) electrons. The molecule has 3 nitrogen and oxygen atoms in total. The van der Waals surface area contributed by atoms with Gasteiger partial charge in [0.25, 0.3) is 0 Å². The van der Waals surface area contributed by atoms with Gasteiger partial charge < -0.3 is 0 Å². The molecule has 0 fully saturated rings. The fraction of sp³-hybridized carbons (Fsp3) is 0.375. The van der Waals surface area contributed by atoms with Crippen molar-refractivity contribution in [2.45, 2.75) is 58.3 Å². The zero-order valence-corrected chi connectivity index (χ0v) is 18.1. The molecule has 0 aliphatic heterocycles. The van der Waals surface area contributed by atoms with Crippen LogP contribution >= 0.6 is 0 Å². The van der Waals surface area contributed by atoms with Crippen molar-refractivity contribution >= 4 is 0 Å². The molecule has 0 spiro atoms. The van der Waals surface area contributed by atoms with Gasteiger partial charge >= 0.3 is 0 Å². The Morgan fingerprint density at radius 3 is 1.87 bits per heavy atom. The average Bonchev–Trinajstić information content (AvgIpc) is 2.67. The van der Waals surface area contributed by atoms with E-state index in [0.29, 0.717) is 17.0 Å². The number of nitrogens with zero attached hydrogens (tertiary/aromatic N) is 3. The number of hydrogen-bond donors (Lipinski definition) is 0. The highest BCUT2D eigenvalue weighted by atomic mass is 19.1. The third kappa shape index (κ3) is 3.83. The van der Waals surface area contributed by atoms with E-state index in [-0.39, 0.29) is 11.5 Å². The molecule has 30 heavy (non-hydrogen) atoms. The third-order valence-electron chi connectivity index (χ3n) is 5.74. The van der Waals surface area contributed by atoms with Gasteiger partial charge in [-0.1, -0.05) is 39.8 Å². The number of rotatable bonds is 5.